The van der Waals surface area contributed by atoms with Gasteiger partial charge in [0.2, 0.25) is 5.91 Å². The average molecular weight is 256 g/mol. The molecule has 0 saturated heterocycles. The van der Waals surface area contributed by atoms with Gasteiger partial charge in [-0.3, -0.25) is 4.79 Å². The monoisotopic (exact) mass is 256 g/mol. The van der Waals surface area contributed by atoms with Crippen molar-refractivity contribution in [2.75, 3.05) is 17.2 Å². The van der Waals surface area contributed by atoms with Gasteiger partial charge in [0.15, 0.2) is 0 Å². The summed E-state index contributed by atoms with van der Waals surface area (Å²) in [6.07, 6.45) is 6.07. The summed E-state index contributed by atoms with van der Waals surface area (Å²) in [7, 11) is 0. The summed E-state index contributed by atoms with van der Waals surface area (Å²) < 4.78 is 0. The van der Waals surface area contributed by atoms with E-state index < -0.39 is 0 Å². The van der Waals surface area contributed by atoms with Crippen molar-refractivity contribution >= 4 is 17.3 Å². The van der Waals surface area contributed by atoms with E-state index in [9.17, 15) is 4.79 Å². The standard InChI is InChI=1S/C16H20N2O/c19-16(15(10-1-2-10)11-3-4-11)18-13-5-6-14-12(9-13)7-8-17-14/h5-6,9-11,15,17H,1-4,7-8H2,(H,18,19). The van der Waals surface area contributed by atoms with E-state index in [-0.39, 0.29) is 11.8 Å². The zero-order valence-corrected chi connectivity index (χ0v) is 11.1. The molecule has 1 aromatic carbocycles. The van der Waals surface area contributed by atoms with Gasteiger partial charge in [-0.1, -0.05) is 0 Å². The van der Waals surface area contributed by atoms with Crippen molar-refractivity contribution in [3.05, 3.63) is 23.8 Å². The zero-order valence-electron chi connectivity index (χ0n) is 11.1. The molecule has 0 spiro atoms. The van der Waals surface area contributed by atoms with Crippen LogP contribution in [0, 0.1) is 17.8 Å². The number of hydrogen-bond donors (Lipinski definition) is 2. The lowest BCUT2D eigenvalue weighted by Crippen LogP contribution is -2.26. The Kier molecular flexibility index (Phi) is 2.54. The molecule has 2 saturated carbocycles. The molecule has 2 N–H and O–H groups in total. The Balaban J connectivity index is 1.49. The van der Waals surface area contributed by atoms with Crippen LogP contribution in [-0.2, 0) is 11.2 Å². The molecule has 1 aromatic rings. The molecule has 3 nitrogen and oxygen atoms in total. The number of amides is 1. The number of carbonyl (C=O) groups excluding carboxylic acids is 1. The largest absolute Gasteiger partial charge is 0.384 e. The molecule has 100 valence electrons. The Morgan fingerprint density at radius 2 is 1.95 bits per heavy atom. The Hall–Kier alpha value is -1.51. The SMILES string of the molecule is O=C(Nc1ccc2c(c1)CCN2)C(C1CC1)C1CC1. The minimum Gasteiger partial charge on any atom is -0.384 e. The average Bonchev–Trinajstić information content (AvgIpc) is 3.31. The summed E-state index contributed by atoms with van der Waals surface area (Å²) in [5, 5.41) is 6.49. The lowest BCUT2D eigenvalue weighted by atomic mass is 9.97. The maximum atomic E-state index is 12.4. The predicted octanol–water partition coefficient (Wildman–Crippen LogP) is 3.03. The Morgan fingerprint density at radius 1 is 1.21 bits per heavy atom. The van der Waals surface area contributed by atoms with Crippen LogP contribution in [0.1, 0.15) is 31.2 Å². The highest BCUT2D eigenvalue weighted by Gasteiger charge is 2.45. The fourth-order valence-electron chi connectivity index (χ4n) is 3.33. The summed E-state index contributed by atoms with van der Waals surface area (Å²) in [5.74, 6) is 1.88. The number of carbonyl (C=O) groups is 1. The van der Waals surface area contributed by atoms with Crippen molar-refractivity contribution in [2.24, 2.45) is 17.8 Å². The summed E-state index contributed by atoms with van der Waals surface area (Å²) in [4.78, 5) is 12.4. The van der Waals surface area contributed by atoms with Gasteiger partial charge in [0, 0.05) is 23.8 Å². The van der Waals surface area contributed by atoms with Crippen molar-refractivity contribution in [3.63, 3.8) is 0 Å². The van der Waals surface area contributed by atoms with Gasteiger partial charge >= 0.3 is 0 Å². The van der Waals surface area contributed by atoms with Gasteiger partial charge in [0.1, 0.15) is 0 Å². The molecule has 2 fully saturated rings. The second-order valence-corrected chi connectivity index (χ2v) is 6.24. The maximum Gasteiger partial charge on any atom is 0.228 e. The second kappa shape index (κ2) is 4.26. The molecule has 0 unspecified atom stereocenters. The van der Waals surface area contributed by atoms with E-state index in [1.807, 2.05) is 6.07 Å². The molecule has 3 heteroatoms. The molecule has 0 radical (unpaired) electrons. The van der Waals surface area contributed by atoms with Crippen LogP contribution in [0.5, 0.6) is 0 Å². The first-order chi connectivity index (χ1) is 9.31. The first-order valence-corrected chi connectivity index (χ1v) is 7.49. The van der Waals surface area contributed by atoms with Crippen LogP contribution >= 0.6 is 0 Å². The summed E-state index contributed by atoms with van der Waals surface area (Å²) in [6.45, 7) is 1.01. The number of fused-ring (bicyclic) bond motifs is 1. The quantitative estimate of drug-likeness (QED) is 0.869. The van der Waals surface area contributed by atoms with E-state index in [1.165, 1.54) is 36.9 Å². The van der Waals surface area contributed by atoms with Crippen LogP contribution in [0.15, 0.2) is 18.2 Å². The van der Waals surface area contributed by atoms with Crippen molar-refractivity contribution < 1.29 is 4.79 Å². The van der Waals surface area contributed by atoms with Crippen LogP contribution < -0.4 is 10.6 Å². The van der Waals surface area contributed by atoms with Crippen LogP contribution in [0.2, 0.25) is 0 Å². The van der Waals surface area contributed by atoms with E-state index in [0.29, 0.717) is 11.8 Å². The van der Waals surface area contributed by atoms with E-state index in [0.717, 1.165) is 18.7 Å². The summed E-state index contributed by atoms with van der Waals surface area (Å²) in [5.41, 5.74) is 3.52. The Bertz CT molecular complexity index is 505. The van der Waals surface area contributed by atoms with Gasteiger partial charge in [0.25, 0.3) is 0 Å². The minimum absolute atomic E-state index is 0.260. The third-order valence-corrected chi connectivity index (χ3v) is 4.65. The van der Waals surface area contributed by atoms with E-state index in [1.54, 1.807) is 0 Å². The molecule has 19 heavy (non-hydrogen) atoms. The number of anilines is 2. The summed E-state index contributed by atoms with van der Waals surface area (Å²) >= 11 is 0. The molecule has 2 aliphatic carbocycles. The van der Waals surface area contributed by atoms with Gasteiger partial charge < -0.3 is 10.6 Å². The fraction of sp³-hybridized carbons (Fsp3) is 0.562. The Morgan fingerprint density at radius 3 is 2.63 bits per heavy atom. The first-order valence-electron chi connectivity index (χ1n) is 7.49. The second-order valence-electron chi connectivity index (χ2n) is 6.24. The van der Waals surface area contributed by atoms with Gasteiger partial charge in [-0.15, -0.1) is 0 Å². The van der Waals surface area contributed by atoms with Crippen molar-refractivity contribution in [1.29, 1.82) is 0 Å². The molecular formula is C16H20N2O. The highest BCUT2D eigenvalue weighted by atomic mass is 16.1. The molecule has 0 aromatic heterocycles. The number of hydrogen-bond acceptors (Lipinski definition) is 2. The van der Waals surface area contributed by atoms with Crippen LogP contribution in [-0.4, -0.2) is 12.5 Å². The van der Waals surface area contributed by atoms with Crippen molar-refractivity contribution in [1.82, 2.24) is 0 Å². The highest BCUT2D eigenvalue weighted by molar-refractivity contribution is 5.93. The van der Waals surface area contributed by atoms with Crippen molar-refractivity contribution in [2.45, 2.75) is 32.1 Å². The Labute approximate surface area is 113 Å². The van der Waals surface area contributed by atoms with Crippen LogP contribution in [0.25, 0.3) is 0 Å². The molecule has 1 aliphatic heterocycles. The number of nitrogens with one attached hydrogen (secondary N) is 2. The normalized spacial score (nSPS) is 21.1. The zero-order chi connectivity index (χ0) is 12.8. The van der Waals surface area contributed by atoms with Gasteiger partial charge in [0.05, 0.1) is 0 Å². The van der Waals surface area contributed by atoms with Crippen LogP contribution in [0.4, 0.5) is 11.4 Å². The minimum atomic E-state index is 0.260. The molecule has 1 amide bonds. The number of benzene rings is 1. The first kappa shape index (κ1) is 11.3. The van der Waals surface area contributed by atoms with E-state index in [2.05, 4.69) is 22.8 Å². The maximum absolute atomic E-state index is 12.4. The third kappa shape index (κ3) is 2.22. The topological polar surface area (TPSA) is 41.1 Å². The van der Waals surface area contributed by atoms with Crippen molar-refractivity contribution in [3.8, 4) is 0 Å². The summed E-state index contributed by atoms with van der Waals surface area (Å²) in [6, 6.07) is 6.23. The number of rotatable bonds is 4. The molecular weight excluding hydrogens is 236 g/mol. The lowest BCUT2D eigenvalue weighted by Gasteiger charge is -2.15. The molecule has 4 rings (SSSR count). The molecule has 0 bridgehead atoms. The van der Waals surface area contributed by atoms with Crippen LogP contribution in [0.3, 0.4) is 0 Å². The molecule has 3 aliphatic rings. The molecule has 0 atom stereocenters. The van der Waals surface area contributed by atoms with Gasteiger partial charge in [-0.25, -0.2) is 0 Å². The van der Waals surface area contributed by atoms with E-state index in [4.69, 9.17) is 0 Å². The third-order valence-electron chi connectivity index (χ3n) is 4.65. The predicted molar refractivity (Wildman–Crippen MR) is 76.2 cm³/mol. The van der Waals surface area contributed by atoms with E-state index >= 15 is 0 Å². The molecule has 1 heterocycles. The lowest BCUT2D eigenvalue weighted by molar-refractivity contribution is -0.121. The van der Waals surface area contributed by atoms with Gasteiger partial charge in [-0.2, -0.15) is 0 Å². The smallest absolute Gasteiger partial charge is 0.228 e. The fourth-order valence-corrected chi connectivity index (χ4v) is 3.33. The van der Waals surface area contributed by atoms with Gasteiger partial charge in [-0.05, 0) is 67.7 Å². The highest BCUT2D eigenvalue weighted by Crippen LogP contribution is 2.49.